The molecule has 0 bridgehead atoms. The molecule has 0 radical (unpaired) electrons. The van der Waals surface area contributed by atoms with Crippen LogP contribution in [-0.2, 0) is 11.0 Å². The van der Waals surface area contributed by atoms with Crippen LogP contribution in [0.25, 0.3) is 0 Å². The number of aromatic hydroxyl groups is 2. The van der Waals surface area contributed by atoms with Gasteiger partial charge in [0.15, 0.2) is 0 Å². The van der Waals surface area contributed by atoms with E-state index in [1.54, 1.807) is 12.1 Å². The maximum Gasteiger partial charge on any atom is 0.325 e. The first-order valence-corrected chi connectivity index (χ1v) is 11.0. The number of rotatable bonds is 6. The molecule has 4 N–H and O–H groups in total. The lowest BCUT2D eigenvalue weighted by molar-refractivity contribution is 0.373. The van der Waals surface area contributed by atoms with Gasteiger partial charge < -0.3 is 24.9 Å². The van der Waals surface area contributed by atoms with Gasteiger partial charge in [0.25, 0.3) is 0 Å². The van der Waals surface area contributed by atoms with E-state index in [1.165, 1.54) is 0 Å². The van der Waals surface area contributed by atoms with Gasteiger partial charge in [-0.2, -0.15) is 0 Å². The lowest BCUT2D eigenvalue weighted by Gasteiger charge is -2.26. The zero-order chi connectivity index (χ0) is 21.2. The fourth-order valence-corrected chi connectivity index (χ4v) is 3.56. The quantitative estimate of drug-likeness (QED) is 0.429. The number of anilines is 3. The Labute approximate surface area is 169 Å². The van der Waals surface area contributed by atoms with Gasteiger partial charge in [-0.1, -0.05) is 24.3 Å². The van der Waals surface area contributed by atoms with E-state index in [0.29, 0.717) is 0 Å². The summed E-state index contributed by atoms with van der Waals surface area (Å²) in [7, 11) is -4.04. The minimum atomic E-state index is -4.04. The molecule has 152 valence electrons. The van der Waals surface area contributed by atoms with Gasteiger partial charge in [-0.15, -0.1) is 0 Å². The molecule has 7 heteroatoms. The summed E-state index contributed by atoms with van der Waals surface area (Å²) in [5.41, 5.74) is 4.56. The number of hydrogen-bond acceptors (Lipinski definition) is 4. The smallest absolute Gasteiger partial charge is 0.325 e. The number of nitrogens with zero attached hydrogens (tertiary/aromatic N) is 1. The third-order valence-corrected chi connectivity index (χ3v) is 5.59. The van der Waals surface area contributed by atoms with Crippen LogP contribution in [0.1, 0.15) is 16.7 Å². The SMILES string of the molecule is Cc1ccc(N(c2ccc(CCP(=O)(O)O)cc2)c2ccc(C)c(O)c2)cc1O. The van der Waals surface area contributed by atoms with E-state index in [1.807, 2.05) is 67.3 Å². The van der Waals surface area contributed by atoms with Crippen LogP contribution in [-0.4, -0.2) is 26.2 Å². The lowest BCUT2D eigenvalue weighted by atomic mass is 10.1. The zero-order valence-electron chi connectivity index (χ0n) is 16.3. The number of phenols is 2. The maximum atomic E-state index is 11.1. The predicted molar refractivity (Wildman–Crippen MR) is 115 cm³/mol. The topological polar surface area (TPSA) is 101 Å². The van der Waals surface area contributed by atoms with Crippen LogP contribution in [0, 0.1) is 13.8 Å². The second kappa shape index (κ2) is 8.29. The third kappa shape index (κ3) is 5.18. The van der Waals surface area contributed by atoms with Gasteiger partial charge >= 0.3 is 7.60 Å². The highest BCUT2D eigenvalue weighted by atomic mass is 31.2. The summed E-state index contributed by atoms with van der Waals surface area (Å²) in [6.45, 7) is 3.63. The average molecular weight is 413 g/mol. The Hall–Kier alpha value is -2.79. The van der Waals surface area contributed by atoms with Crippen molar-refractivity contribution in [2.75, 3.05) is 11.1 Å². The van der Waals surface area contributed by atoms with Crippen molar-refractivity contribution in [3.8, 4) is 11.5 Å². The Morgan fingerprint density at radius 2 is 1.21 bits per heavy atom. The number of benzene rings is 3. The first-order chi connectivity index (χ1) is 13.6. The molecule has 0 unspecified atom stereocenters. The van der Waals surface area contributed by atoms with E-state index in [-0.39, 0.29) is 24.1 Å². The summed E-state index contributed by atoms with van der Waals surface area (Å²) in [6, 6.07) is 18.1. The van der Waals surface area contributed by atoms with Crippen molar-refractivity contribution in [3.63, 3.8) is 0 Å². The summed E-state index contributed by atoms with van der Waals surface area (Å²) in [6.07, 6.45) is 0.0783. The van der Waals surface area contributed by atoms with Gasteiger partial charge in [0.1, 0.15) is 11.5 Å². The standard InChI is InChI=1S/C22H24NO5P/c1-15-3-7-19(13-21(15)24)23(20-8-4-16(2)22(25)14-20)18-9-5-17(6-10-18)11-12-29(26,27)28/h3-10,13-14,24-25H,11-12H2,1-2H3,(H2,26,27,28). The van der Waals surface area contributed by atoms with E-state index < -0.39 is 7.60 Å². The van der Waals surface area contributed by atoms with Crippen LogP contribution in [0.2, 0.25) is 0 Å². The van der Waals surface area contributed by atoms with Crippen molar-refractivity contribution in [2.45, 2.75) is 20.3 Å². The van der Waals surface area contributed by atoms with Gasteiger partial charge in [0, 0.05) is 29.2 Å². The normalized spacial score (nSPS) is 11.4. The molecular formula is C22H24NO5P. The minimum Gasteiger partial charge on any atom is -0.508 e. The van der Waals surface area contributed by atoms with Crippen molar-refractivity contribution in [3.05, 3.63) is 77.4 Å². The van der Waals surface area contributed by atoms with Crippen LogP contribution in [0.5, 0.6) is 11.5 Å². The molecule has 3 aromatic rings. The molecule has 0 fully saturated rings. The highest BCUT2D eigenvalue weighted by Gasteiger charge is 2.16. The van der Waals surface area contributed by atoms with E-state index >= 15 is 0 Å². The van der Waals surface area contributed by atoms with E-state index in [2.05, 4.69) is 0 Å². The second-order valence-electron chi connectivity index (χ2n) is 7.08. The average Bonchev–Trinajstić information content (AvgIpc) is 2.66. The number of hydrogen-bond donors (Lipinski definition) is 4. The molecule has 0 aliphatic carbocycles. The van der Waals surface area contributed by atoms with Gasteiger partial charge in [0.2, 0.25) is 0 Å². The molecule has 0 aliphatic heterocycles. The molecule has 6 nitrogen and oxygen atoms in total. The van der Waals surface area contributed by atoms with E-state index in [4.69, 9.17) is 9.79 Å². The van der Waals surface area contributed by atoms with Crippen LogP contribution in [0.3, 0.4) is 0 Å². The highest BCUT2D eigenvalue weighted by molar-refractivity contribution is 7.51. The fourth-order valence-electron chi connectivity index (χ4n) is 3.01. The number of phenolic OH excluding ortho intramolecular Hbond substituents is 2. The van der Waals surface area contributed by atoms with Gasteiger partial charge in [0.05, 0.1) is 6.16 Å². The Balaban J connectivity index is 2.01. The minimum absolute atomic E-state index is 0.169. The van der Waals surface area contributed by atoms with Crippen molar-refractivity contribution >= 4 is 24.7 Å². The Bertz CT molecular complexity index is 1010. The molecule has 0 atom stereocenters. The molecule has 3 aromatic carbocycles. The molecule has 0 aromatic heterocycles. The van der Waals surface area contributed by atoms with Crippen LogP contribution >= 0.6 is 7.60 Å². The third-order valence-electron chi connectivity index (χ3n) is 4.79. The van der Waals surface area contributed by atoms with E-state index in [9.17, 15) is 14.8 Å². The largest absolute Gasteiger partial charge is 0.508 e. The highest BCUT2D eigenvalue weighted by Crippen LogP contribution is 2.39. The van der Waals surface area contributed by atoms with Gasteiger partial charge in [-0.05, 0) is 61.2 Å². The molecule has 0 aliphatic rings. The molecule has 0 spiro atoms. The Kier molecular flexibility index (Phi) is 5.99. The molecule has 0 saturated carbocycles. The summed E-state index contributed by atoms with van der Waals surface area (Å²) in [5, 5.41) is 20.4. The van der Waals surface area contributed by atoms with Crippen LogP contribution < -0.4 is 4.90 Å². The molecular weight excluding hydrogens is 389 g/mol. The predicted octanol–water partition coefficient (Wildman–Crippen LogP) is 4.90. The van der Waals surface area contributed by atoms with E-state index in [0.717, 1.165) is 33.8 Å². The molecule has 3 rings (SSSR count). The maximum absolute atomic E-state index is 11.1. The van der Waals surface area contributed by atoms with Crippen molar-refractivity contribution in [2.24, 2.45) is 0 Å². The van der Waals surface area contributed by atoms with Crippen molar-refractivity contribution in [1.29, 1.82) is 0 Å². The zero-order valence-corrected chi connectivity index (χ0v) is 17.2. The van der Waals surface area contributed by atoms with Gasteiger partial charge in [-0.3, -0.25) is 4.57 Å². The monoisotopic (exact) mass is 413 g/mol. The molecule has 29 heavy (non-hydrogen) atoms. The van der Waals surface area contributed by atoms with Crippen LogP contribution in [0.15, 0.2) is 60.7 Å². The lowest BCUT2D eigenvalue weighted by Crippen LogP contribution is -2.10. The van der Waals surface area contributed by atoms with Gasteiger partial charge in [-0.25, -0.2) is 0 Å². The van der Waals surface area contributed by atoms with Crippen molar-refractivity contribution in [1.82, 2.24) is 0 Å². The first-order valence-electron chi connectivity index (χ1n) is 9.17. The Morgan fingerprint density at radius 3 is 1.62 bits per heavy atom. The summed E-state index contributed by atoms with van der Waals surface area (Å²) in [4.78, 5) is 20.0. The molecule has 0 amide bonds. The molecule has 0 heterocycles. The summed E-state index contributed by atoms with van der Waals surface area (Å²) in [5.74, 6) is 0.337. The second-order valence-corrected chi connectivity index (χ2v) is 8.86. The van der Waals surface area contributed by atoms with Crippen molar-refractivity contribution < 1.29 is 24.6 Å². The summed E-state index contributed by atoms with van der Waals surface area (Å²) < 4.78 is 11.1. The first kappa shape index (κ1) is 20.9. The molecule has 0 saturated heterocycles. The Morgan fingerprint density at radius 1 is 0.759 bits per heavy atom. The fraction of sp³-hybridized carbons (Fsp3) is 0.182. The number of aryl methyl sites for hydroxylation is 3. The van der Waals surface area contributed by atoms with Crippen LogP contribution in [0.4, 0.5) is 17.1 Å². The summed E-state index contributed by atoms with van der Waals surface area (Å²) >= 11 is 0.